The minimum absolute atomic E-state index is 0.417. The number of aliphatic hydroxyl groups excluding tert-OH is 1. The normalized spacial score (nSPS) is 12.2. The number of hydrogen-bond acceptors (Lipinski definition) is 2. The fourth-order valence-electron chi connectivity index (χ4n) is 1.74. The highest BCUT2D eigenvalue weighted by molar-refractivity contribution is 5.64. The van der Waals surface area contributed by atoms with Crippen molar-refractivity contribution in [3.8, 4) is 16.9 Å². The lowest BCUT2D eigenvalue weighted by Crippen LogP contribution is -1.90. The first-order valence-corrected chi connectivity index (χ1v) is 5.63. The summed E-state index contributed by atoms with van der Waals surface area (Å²) >= 11 is 0. The van der Waals surface area contributed by atoms with Gasteiger partial charge in [-0.25, -0.2) is 0 Å². The summed E-state index contributed by atoms with van der Waals surface area (Å²) < 4.78 is 5.12. The molecule has 0 aliphatic heterocycles. The predicted octanol–water partition coefficient (Wildman–Crippen LogP) is 3.42. The molecule has 0 unspecified atom stereocenters. The second-order valence-electron chi connectivity index (χ2n) is 4.03. The van der Waals surface area contributed by atoms with E-state index >= 15 is 0 Å². The van der Waals surface area contributed by atoms with Crippen molar-refractivity contribution in [2.24, 2.45) is 0 Å². The van der Waals surface area contributed by atoms with Crippen molar-refractivity contribution in [1.82, 2.24) is 0 Å². The van der Waals surface area contributed by atoms with Crippen LogP contribution in [-0.2, 0) is 0 Å². The van der Waals surface area contributed by atoms with E-state index < -0.39 is 6.10 Å². The summed E-state index contributed by atoms with van der Waals surface area (Å²) in [4.78, 5) is 0. The molecule has 0 aliphatic carbocycles. The molecule has 1 N–H and O–H groups in total. The van der Waals surface area contributed by atoms with Gasteiger partial charge in [-0.2, -0.15) is 0 Å². The van der Waals surface area contributed by atoms with Crippen LogP contribution in [0.15, 0.2) is 48.5 Å². The summed E-state index contributed by atoms with van der Waals surface area (Å²) in [6.07, 6.45) is -0.417. The fourth-order valence-corrected chi connectivity index (χ4v) is 1.74. The third kappa shape index (κ3) is 2.66. The van der Waals surface area contributed by atoms with Crippen molar-refractivity contribution in [1.29, 1.82) is 0 Å². The highest BCUT2D eigenvalue weighted by Gasteiger charge is 2.02. The molecule has 1 atom stereocenters. The summed E-state index contributed by atoms with van der Waals surface area (Å²) in [5, 5.41) is 9.44. The van der Waals surface area contributed by atoms with E-state index in [1.165, 1.54) is 0 Å². The Morgan fingerprint density at radius 1 is 0.882 bits per heavy atom. The van der Waals surface area contributed by atoms with Crippen LogP contribution < -0.4 is 4.74 Å². The highest BCUT2D eigenvalue weighted by atomic mass is 16.5. The molecule has 2 heteroatoms. The number of aliphatic hydroxyl groups is 1. The van der Waals surface area contributed by atoms with Crippen molar-refractivity contribution < 1.29 is 9.84 Å². The zero-order valence-electron chi connectivity index (χ0n) is 10.1. The minimum atomic E-state index is -0.417. The topological polar surface area (TPSA) is 29.5 Å². The highest BCUT2D eigenvalue weighted by Crippen LogP contribution is 2.23. The van der Waals surface area contributed by atoms with Crippen LogP contribution in [0.25, 0.3) is 11.1 Å². The SMILES string of the molecule is COc1ccc(-c2ccc([C@@H](C)O)cc2)cc1. The van der Waals surface area contributed by atoms with Crippen LogP contribution in [0.3, 0.4) is 0 Å². The van der Waals surface area contributed by atoms with Gasteiger partial charge in [-0.3, -0.25) is 0 Å². The molecule has 0 fully saturated rings. The average molecular weight is 228 g/mol. The molecular formula is C15H16O2. The minimum Gasteiger partial charge on any atom is -0.497 e. The first-order valence-electron chi connectivity index (χ1n) is 5.63. The maximum absolute atomic E-state index is 9.44. The molecule has 0 radical (unpaired) electrons. The van der Waals surface area contributed by atoms with E-state index in [1.807, 2.05) is 48.5 Å². The molecular weight excluding hydrogens is 212 g/mol. The standard InChI is InChI=1S/C15H16O2/c1-11(16)12-3-5-13(6-4-12)14-7-9-15(17-2)10-8-14/h3-11,16H,1-2H3/t11-/m1/s1. The molecule has 88 valence electrons. The Hall–Kier alpha value is -1.80. The van der Waals surface area contributed by atoms with Crippen LogP contribution in [-0.4, -0.2) is 12.2 Å². The molecule has 0 aliphatic rings. The van der Waals surface area contributed by atoms with Gasteiger partial charge in [-0.05, 0) is 35.7 Å². The van der Waals surface area contributed by atoms with Gasteiger partial charge in [0.05, 0.1) is 13.2 Å². The van der Waals surface area contributed by atoms with Crippen molar-refractivity contribution >= 4 is 0 Å². The lowest BCUT2D eigenvalue weighted by molar-refractivity contribution is 0.199. The van der Waals surface area contributed by atoms with Gasteiger partial charge in [-0.1, -0.05) is 36.4 Å². The zero-order valence-corrected chi connectivity index (χ0v) is 10.1. The predicted molar refractivity (Wildman–Crippen MR) is 69.1 cm³/mol. The molecule has 2 nitrogen and oxygen atoms in total. The third-order valence-corrected chi connectivity index (χ3v) is 2.82. The van der Waals surface area contributed by atoms with Gasteiger partial charge in [0.2, 0.25) is 0 Å². The van der Waals surface area contributed by atoms with E-state index in [0.29, 0.717) is 0 Å². The number of rotatable bonds is 3. The number of benzene rings is 2. The molecule has 0 aromatic heterocycles. The van der Waals surface area contributed by atoms with Crippen LogP contribution in [0.4, 0.5) is 0 Å². The Labute approximate surface area is 101 Å². The molecule has 2 rings (SSSR count). The van der Waals surface area contributed by atoms with Crippen molar-refractivity contribution in [2.75, 3.05) is 7.11 Å². The van der Waals surface area contributed by atoms with Crippen LogP contribution in [0.2, 0.25) is 0 Å². The summed E-state index contributed by atoms with van der Waals surface area (Å²) in [6.45, 7) is 1.77. The van der Waals surface area contributed by atoms with Crippen molar-refractivity contribution in [3.63, 3.8) is 0 Å². The molecule has 0 saturated carbocycles. The first kappa shape index (κ1) is 11.7. The van der Waals surface area contributed by atoms with E-state index in [0.717, 1.165) is 22.4 Å². The Morgan fingerprint density at radius 2 is 1.35 bits per heavy atom. The van der Waals surface area contributed by atoms with Gasteiger partial charge in [-0.15, -0.1) is 0 Å². The Morgan fingerprint density at radius 3 is 1.76 bits per heavy atom. The van der Waals surface area contributed by atoms with Crippen LogP contribution in [0.1, 0.15) is 18.6 Å². The lowest BCUT2D eigenvalue weighted by Gasteiger charge is -2.07. The quantitative estimate of drug-likeness (QED) is 0.872. The monoisotopic (exact) mass is 228 g/mol. The molecule has 17 heavy (non-hydrogen) atoms. The van der Waals surface area contributed by atoms with Crippen molar-refractivity contribution in [3.05, 3.63) is 54.1 Å². The summed E-state index contributed by atoms with van der Waals surface area (Å²) in [7, 11) is 1.66. The van der Waals surface area contributed by atoms with Gasteiger partial charge < -0.3 is 9.84 Å². The van der Waals surface area contributed by atoms with Crippen LogP contribution >= 0.6 is 0 Å². The molecule has 0 spiro atoms. The number of methoxy groups -OCH3 is 1. The summed E-state index contributed by atoms with van der Waals surface area (Å²) in [6, 6.07) is 15.9. The smallest absolute Gasteiger partial charge is 0.118 e. The second kappa shape index (κ2) is 5.02. The molecule has 0 heterocycles. The maximum Gasteiger partial charge on any atom is 0.118 e. The number of hydrogen-bond donors (Lipinski definition) is 1. The third-order valence-electron chi connectivity index (χ3n) is 2.82. The molecule has 0 bridgehead atoms. The van der Waals surface area contributed by atoms with E-state index in [-0.39, 0.29) is 0 Å². The molecule has 0 saturated heterocycles. The van der Waals surface area contributed by atoms with Gasteiger partial charge in [0.15, 0.2) is 0 Å². The van der Waals surface area contributed by atoms with E-state index in [4.69, 9.17) is 4.74 Å². The van der Waals surface area contributed by atoms with E-state index in [9.17, 15) is 5.11 Å². The average Bonchev–Trinajstić information content (AvgIpc) is 2.39. The zero-order chi connectivity index (χ0) is 12.3. The number of ether oxygens (including phenoxy) is 1. The van der Waals surface area contributed by atoms with Gasteiger partial charge in [0.1, 0.15) is 5.75 Å². The fraction of sp³-hybridized carbons (Fsp3) is 0.200. The molecule has 2 aromatic rings. The Balaban J connectivity index is 2.26. The molecule has 2 aromatic carbocycles. The molecule has 0 amide bonds. The largest absolute Gasteiger partial charge is 0.497 e. The van der Waals surface area contributed by atoms with Gasteiger partial charge in [0, 0.05) is 0 Å². The lowest BCUT2D eigenvalue weighted by atomic mass is 10.0. The van der Waals surface area contributed by atoms with Gasteiger partial charge >= 0.3 is 0 Å². The van der Waals surface area contributed by atoms with Crippen molar-refractivity contribution in [2.45, 2.75) is 13.0 Å². The summed E-state index contributed by atoms with van der Waals surface area (Å²) in [5.41, 5.74) is 3.21. The van der Waals surface area contributed by atoms with E-state index in [2.05, 4.69) is 0 Å². The van der Waals surface area contributed by atoms with E-state index in [1.54, 1.807) is 14.0 Å². The first-order chi connectivity index (χ1) is 8.20. The Kier molecular flexibility index (Phi) is 3.45. The van der Waals surface area contributed by atoms with Crippen LogP contribution in [0, 0.1) is 0 Å². The van der Waals surface area contributed by atoms with Gasteiger partial charge in [0.25, 0.3) is 0 Å². The second-order valence-corrected chi connectivity index (χ2v) is 4.03. The maximum atomic E-state index is 9.44. The summed E-state index contributed by atoms with van der Waals surface area (Å²) in [5.74, 6) is 0.856. The Bertz CT molecular complexity index is 469. The van der Waals surface area contributed by atoms with Crippen LogP contribution in [0.5, 0.6) is 5.75 Å².